The molecule has 4 heteroatoms. The maximum Gasteiger partial charge on any atom is 0.0762 e. The van der Waals surface area contributed by atoms with Crippen LogP contribution in [0.2, 0.25) is 0 Å². The van der Waals surface area contributed by atoms with Crippen molar-refractivity contribution in [1.82, 2.24) is 15.1 Å². The monoisotopic (exact) mass is 195 g/mol. The molecule has 0 aromatic carbocycles. The minimum Gasteiger partial charge on any atom is -0.392 e. The third-order valence-electron chi connectivity index (χ3n) is 2.59. The van der Waals surface area contributed by atoms with Crippen molar-refractivity contribution in [1.29, 1.82) is 0 Å². The van der Waals surface area contributed by atoms with E-state index in [9.17, 15) is 5.11 Å². The molecule has 0 radical (unpaired) electrons. The van der Waals surface area contributed by atoms with Crippen molar-refractivity contribution in [2.75, 3.05) is 6.54 Å². The highest BCUT2D eigenvalue weighted by Crippen LogP contribution is 2.32. The Hall–Kier alpha value is -0.870. The quantitative estimate of drug-likeness (QED) is 0.709. The summed E-state index contributed by atoms with van der Waals surface area (Å²) in [5, 5.41) is 17.0. The summed E-state index contributed by atoms with van der Waals surface area (Å²) in [5.41, 5.74) is 1.02. The molecule has 1 aliphatic carbocycles. The van der Waals surface area contributed by atoms with Crippen molar-refractivity contribution in [3.05, 3.63) is 18.0 Å². The van der Waals surface area contributed by atoms with Crippen molar-refractivity contribution in [3.63, 3.8) is 0 Å². The lowest BCUT2D eigenvalue weighted by molar-refractivity contribution is 0.148. The highest BCUT2D eigenvalue weighted by Gasteiger charge is 2.28. The summed E-state index contributed by atoms with van der Waals surface area (Å²) in [6.45, 7) is 1.42. The Kier molecular flexibility index (Phi) is 2.84. The summed E-state index contributed by atoms with van der Waals surface area (Å²) < 4.78 is 1.79. The van der Waals surface area contributed by atoms with Crippen molar-refractivity contribution in [2.24, 2.45) is 13.0 Å². The van der Waals surface area contributed by atoms with Crippen LogP contribution >= 0.6 is 0 Å². The molecule has 1 saturated carbocycles. The predicted molar refractivity (Wildman–Crippen MR) is 53.6 cm³/mol. The molecule has 0 bridgehead atoms. The average molecular weight is 195 g/mol. The molecule has 4 nitrogen and oxygen atoms in total. The first kappa shape index (κ1) is 9.68. The highest BCUT2D eigenvalue weighted by molar-refractivity contribution is 4.98. The fraction of sp³-hybridized carbons (Fsp3) is 0.700. The number of aliphatic hydroxyl groups excluding tert-OH is 1. The van der Waals surface area contributed by atoms with Gasteiger partial charge in [-0.3, -0.25) is 4.68 Å². The third-order valence-corrected chi connectivity index (χ3v) is 2.59. The second kappa shape index (κ2) is 4.11. The standard InChI is InChI=1S/C10H17N3O/c1-13-5-4-9(12-13)6-11-7-10(14)8-2-3-8/h4-5,8,10-11,14H,2-3,6-7H2,1H3. The normalized spacial score (nSPS) is 18.4. The van der Waals surface area contributed by atoms with Gasteiger partial charge in [0.05, 0.1) is 11.8 Å². The van der Waals surface area contributed by atoms with Gasteiger partial charge in [-0.25, -0.2) is 0 Å². The van der Waals surface area contributed by atoms with E-state index in [-0.39, 0.29) is 6.10 Å². The van der Waals surface area contributed by atoms with Crippen LogP contribution in [0.5, 0.6) is 0 Å². The van der Waals surface area contributed by atoms with Crippen LogP contribution in [0.1, 0.15) is 18.5 Å². The number of rotatable bonds is 5. The second-order valence-electron chi connectivity index (χ2n) is 4.02. The van der Waals surface area contributed by atoms with Crippen LogP contribution in [0, 0.1) is 5.92 Å². The fourth-order valence-electron chi connectivity index (χ4n) is 1.55. The minimum atomic E-state index is -0.168. The molecule has 2 rings (SSSR count). The van der Waals surface area contributed by atoms with Crippen molar-refractivity contribution >= 4 is 0 Å². The number of nitrogens with zero attached hydrogens (tertiary/aromatic N) is 2. The van der Waals surface area contributed by atoms with Gasteiger partial charge in [0.25, 0.3) is 0 Å². The van der Waals surface area contributed by atoms with Gasteiger partial charge in [0, 0.05) is 26.3 Å². The smallest absolute Gasteiger partial charge is 0.0762 e. The SMILES string of the molecule is Cn1ccc(CNCC(O)C2CC2)n1. The van der Waals surface area contributed by atoms with E-state index in [4.69, 9.17) is 0 Å². The van der Waals surface area contributed by atoms with Crippen LogP contribution in [0.3, 0.4) is 0 Å². The van der Waals surface area contributed by atoms with E-state index in [0.717, 1.165) is 12.2 Å². The van der Waals surface area contributed by atoms with Crippen molar-refractivity contribution < 1.29 is 5.11 Å². The summed E-state index contributed by atoms with van der Waals surface area (Å²) in [5.74, 6) is 0.547. The van der Waals surface area contributed by atoms with E-state index in [1.807, 2.05) is 19.3 Å². The Balaban J connectivity index is 1.67. The van der Waals surface area contributed by atoms with Gasteiger partial charge in [-0.15, -0.1) is 0 Å². The number of nitrogens with one attached hydrogen (secondary N) is 1. The van der Waals surface area contributed by atoms with Gasteiger partial charge >= 0.3 is 0 Å². The summed E-state index contributed by atoms with van der Waals surface area (Å²) in [6, 6.07) is 1.98. The van der Waals surface area contributed by atoms with E-state index in [1.54, 1.807) is 4.68 Å². The molecule has 1 aromatic heterocycles. The molecule has 0 amide bonds. The molecule has 1 unspecified atom stereocenters. The predicted octanol–water partition coefficient (Wildman–Crippen LogP) is 0.281. The summed E-state index contributed by atoms with van der Waals surface area (Å²) in [7, 11) is 1.91. The Labute approximate surface area is 83.9 Å². The number of aliphatic hydroxyl groups is 1. The van der Waals surface area contributed by atoms with Crippen LogP contribution in [0.15, 0.2) is 12.3 Å². The van der Waals surface area contributed by atoms with Crippen LogP contribution in [0.25, 0.3) is 0 Å². The van der Waals surface area contributed by atoms with E-state index in [1.165, 1.54) is 12.8 Å². The van der Waals surface area contributed by atoms with Crippen LogP contribution in [-0.4, -0.2) is 27.5 Å². The molecule has 1 atom stereocenters. The molecule has 0 spiro atoms. The first-order valence-corrected chi connectivity index (χ1v) is 5.13. The largest absolute Gasteiger partial charge is 0.392 e. The Morgan fingerprint density at radius 2 is 2.50 bits per heavy atom. The lowest BCUT2D eigenvalue weighted by Gasteiger charge is -2.09. The van der Waals surface area contributed by atoms with Crippen LogP contribution in [0.4, 0.5) is 0 Å². The molecular formula is C10H17N3O. The fourth-order valence-corrected chi connectivity index (χ4v) is 1.55. The van der Waals surface area contributed by atoms with Gasteiger partial charge in [0.2, 0.25) is 0 Å². The first-order valence-electron chi connectivity index (χ1n) is 5.13. The molecule has 1 aliphatic rings. The summed E-state index contributed by atoms with van der Waals surface area (Å²) in [4.78, 5) is 0. The minimum absolute atomic E-state index is 0.168. The zero-order valence-corrected chi connectivity index (χ0v) is 8.48. The molecule has 1 fully saturated rings. The third kappa shape index (κ3) is 2.56. The Morgan fingerprint density at radius 1 is 1.71 bits per heavy atom. The zero-order valence-electron chi connectivity index (χ0n) is 8.48. The zero-order chi connectivity index (χ0) is 9.97. The van der Waals surface area contributed by atoms with Gasteiger partial charge < -0.3 is 10.4 Å². The molecule has 0 saturated heterocycles. The van der Waals surface area contributed by atoms with Crippen molar-refractivity contribution in [3.8, 4) is 0 Å². The summed E-state index contributed by atoms with van der Waals surface area (Å²) in [6.07, 6.45) is 4.13. The topological polar surface area (TPSA) is 50.1 Å². The number of hydrogen-bond donors (Lipinski definition) is 2. The summed E-state index contributed by atoms with van der Waals surface area (Å²) >= 11 is 0. The van der Waals surface area contributed by atoms with Gasteiger partial charge in [-0.2, -0.15) is 5.10 Å². The molecule has 2 N–H and O–H groups in total. The van der Waals surface area contributed by atoms with Gasteiger partial charge in [-0.05, 0) is 24.8 Å². The molecule has 0 aliphatic heterocycles. The second-order valence-corrected chi connectivity index (χ2v) is 4.02. The molecule has 14 heavy (non-hydrogen) atoms. The van der Waals surface area contributed by atoms with Gasteiger partial charge in [0.15, 0.2) is 0 Å². The highest BCUT2D eigenvalue weighted by atomic mass is 16.3. The lowest BCUT2D eigenvalue weighted by atomic mass is 10.2. The van der Waals surface area contributed by atoms with E-state index < -0.39 is 0 Å². The Morgan fingerprint density at radius 3 is 3.07 bits per heavy atom. The van der Waals surface area contributed by atoms with E-state index >= 15 is 0 Å². The number of aryl methyl sites for hydroxylation is 1. The van der Waals surface area contributed by atoms with Gasteiger partial charge in [0.1, 0.15) is 0 Å². The van der Waals surface area contributed by atoms with Crippen molar-refractivity contribution in [2.45, 2.75) is 25.5 Å². The van der Waals surface area contributed by atoms with E-state index in [0.29, 0.717) is 12.5 Å². The van der Waals surface area contributed by atoms with Crippen LogP contribution in [-0.2, 0) is 13.6 Å². The van der Waals surface area contributed by atoms with Gasteiger partial charge in [-0.1, -0.05) is 0 Å². The molecule has 1 aromatic rings. The Bertz CT molecular complexity index is 293. The lowest BCUT2D eigenvalue weighted by Crippen LogP contribution is -2.27. The number of aromatic nitrogens is 2. The maximum atomic E-state index is 9.58. The van der Waals surface area contributed by atoms with Crippen LogP contribution < -0.4 is 5.32 Å². The average Bonchev–Trinajstić information content (AvgIpc) is 2.92. The molecule has 78 valence electrons. The maximum absolute atomic E-state index is 9.58. The molecular weight excluding hydrogens is 178 g/mol. The number of hydrogen-bond acceptors (Lipinski definition) is 3. The first-order chi connectivity index (χ1) is 6.75. The molecule has 1 heterocycles. The van der Waals surface area contributed by atoms with E-state index in [2.05, 4.69) is 10.4 Å².